The molecule has 2 saturated heterocycles. The lowest BCUT2D eigenvalue weighted by molar-refractivity contribution is -0.126. The van der Waals surface area contributed by atoms with Crippen LogP contribution in [0.2, 0.25) is 5.02 Å². The van der Waals surface area contributed by atoms with E-state index in [9.17, 15) is 14.4 Å². The van der Waals surface area contributed by atoms with E-state index in [1.165, 1.54) is 0 Å². The van der Waals surface area contributed by atoms with E-state index in [2.05, 4.69) is 10.6 Å². The number of nitrogens with one attached hydrogen (secondary N) is 2. The van der Waals surface area contributed by atoms with Crippen LogP contribution in [0.5, 0.6) is 0 Å². The molecule has 0 radical (unpaired) electrons. The predicted octanol–water partition coefficient (Wildman–Crippen LogP) is 3.74. The number of likely N-dealkylation sites (tertiary alicyclic amines) is 1. The fraction of sp³-hybridized carbons (Fsp3) is 0.400. The normalized spacial score (nSPS) is 18.7. The minimum Gasteiger partial charge on any atom is -0.376 e. The van der Waals surface area contributed by atoms with Crippen LogP contribution in [0.3, 0.4) is 0 Å². The molecule has 174 valence electrons. The summed E-state index contributed by atoms with van der Waals surface area (Å²) >= 11 is 6.07. The van der Waals surface area contributed by atoms with Crippen LogP contribution in [0.15, 0.2) is 48.5 Å². The number of piperidine rings is 1. The molecule has 0 aromatic heterocycles. The summed E-state index contributed by atoms with van der Waals surface area (Å²) in [5, 5.41) is 6.17. The van der Waals surface area contributed by atoms with Gasteiger partial charge in [-0.3, -0.25) is 14.4 Å². The standard InChI is InChI=1S/C25H28ClN3O4/c26-22-6-2-1-5-21(22)24(31)28-19-9-7-18(8-10-19)25(32)29-13-11-17(12-14-29)23(30)27-16-20-4-3-15-33-20/h1-2,5-10,17,20H,3-4,11-16H2,(H,27,30)(H,28,31)/t20-/m1/s1. The van der Waals surface area contributed by atoms with E-state index in [1.807, 2.05) is 0 Å². The summed E-state index contributed by atoms with van der Waals surface area (Å²) in [7, 11) is 0. The molecule has 7 nitrogen and oxygen atoms in total. The summed E-state index contributed by atoms with van der Waals surface area (Å²) in [5.41, 5.74) is 1.52. The molecule has 0 saturated carbocycles. The van der Waals surface area contributed by atoms with Crippen LogP contribution in [-0.4, -0.2) is 55.0 Å². The van der Waals surface area contributed by atoms with E-state index >= 15 is 0 Å². The highest BCUT2D eigenvalue weighted by atomic mass is 35.5. The first-order valence-electron chi connectivity index (χ1n) is 11.4. The van der Waals surface area contributed by atoms with Crippen LogP contribution in [0, 0.1) is 5.92 Å². The Kier molecular flexibility index (Phi) is 7.62. The van der Waals surface area contributed by atoms with Gasteiger partial charge in [0.1, 0.15) is 0 Å². The van der Waals surface area contributed by atoms with Crippen molar-refractivity contribution in [2.24, 2.45) is 5.92 Å². The number of rotatable bonds is 6. The summed E-state index contributed by atoms with van der Waals surface area (Å²) in [5.74, 6) is -0.397. The molecule has 0 bridgehead atoms. The Hall–Kier alpha value is -2.90. The Balaban J connectivity index is 1.26. The Morgan fingerprint density at radius 2 is 1.73 bits per heavy atom. The van der Waals surface area contributed by atoms with E-state index in [1.54, 1.807) is 53.4 Å². The second-order valence-electron chi connectivity index (χ2n) is 8.46. The highest BCUT2D eigenvalue weighted by Gasteiger charge is 2.28. The summed E-state index contributed by atoms with van der Waals surface area (Å²) in [6.45, 7) is 2.43. The van der Waals surface area contributed by atoms with Gasteiger partial charge in [-0.25, -0.2) is 0 Å². The minimum atomic E-state index is -0.306. The van der Waals surface area contributed by atoms with Gasteiger partial charge in [-0.15, -0.1) is 0 Å². The number of carbonyl (C=O) groups excluding carboxylic acids is 3. The van der Waals surface area contributed by atoms with Gasteiger partial charge in [0, 0.05) is 43.4 Å². The Morgan fingerprint density at radius 1 is 1.00 bits per heavy atom. The molecule has 2 aromatic rings. The molecule has 0 spiro atoms. The van der Waals surface area contributed by atoms with Gasteiger partial charge >= 0.3 is 0 Å². The third-order valence-electron chi connectivity index (χ3n) is 6.19. The SMILES string of the molecule is O=C(Nc1ccc(C(=O)N2CCC(C(=O)NC[C@H]3CCCO3)CC2)cc1)c1ccccc1Cl. The van der Waals surface area contributed by atoms with Crippen LogP contribution >= 0.6 is 11.6 Å². The molecule has 0 unspecified atom stereocenters. The molecule has 8 heteroatoms. The molecule has 2 fully saturated rings. The number of hydrogen-bond donors (Lipinski definition) is 2. The molecule has 2 heterocycles. The van der Waals surface area contributed by atoms with Crippen LogP contribution in [0.1, 0.15) is 46.4 Å². The van der Waals surface area contributed by atoms with E-state index in [4.69, 9.17) is 16.3 Å². The fourth-order valence-electron chi connectivity index (χ4n) is 4.23. The second kappa shape index (κ2) is 10.8. The van der Waals surface area contributed by atoms with Crippen LogP contribution in [-0.2, 0) is 9.53 Å². The van der Waals surface area contributed by atoms with Gasteiger partial charge in [-0.05, 0) is 62.1 Å². The smallest absolute Gasteiger partial charge is 0.257 e. The molecule has 4 rings (SSSR count). The number of nitrogens with zero attached hydrogens (tertiary/aromatic N) is 1. The quantitative estimate of drug-likeness (QED) is 0.674. The average molecular weight is 470 g/mol. The summed E-state index contributed by atoms with van der Waals surface area (Å²) < 4.78 is 5.55. The molecule has 2 aliphatic heterocycles. The van der Waals surface area contributed by atoms with E-state index in [-0.39, 0.29) is 29.7 Å². The number of halogens is 1. The van der Waals surface area contributed by atoms with Crippen molar-refractivity contribution in [2.75, 3.05) is 31.6 Å². The van der Waals surface area contributed by atoms with Crippen molar-refractivity contribution >= 4 is 35.0 Å². The Bertz CT molecular complexity index is 997. The van der Waals surface area contributed by atoms with Gasteiger partial charge in [0.05, 0.1) is 16.7 Å². The highest BCUT2D eigenvalue weighted by Crippen LogP contribution is 2.21. The number of anilines is 1. The molecule has 1 atom stereocenters. The lowest BCUT2D eigenvalue weighted by Gasteiger charge is -2.31. The fourth-order valence-corrected chi connectivity index (χ4v) is 4.45. The van der Waals surface area contributed by atoms with Crippen molar-refractivity contribution in [3.8, 4) is 0 Å². The third kappa shape index (κ3) is 5.92. The summed E-state index contributed by atoms with van der Waals surface area (Å²) in [6.07, 6.45) is 3.48. The van der Waals surface area contributed by atoms with Gasteiger partial charge in [-0.2, -0.15) is 0 Å². The lowest BCUT2D eigenvalue weighted by atomic mass is 9.95. The second-order valence-corrected chi connectivity index (χ2v) is 8.87. The summed E-state index contributed by atoms with van der Waals surface area (Å²) in [4.78, 5) is 39.5. The van der Waals surface area contributed by atoms with E-state index in [0.717, 1.165) is 19.4 Å². The Morgan fingerprint density at radius 3 is 2.39 bits per heavy atom. The van der Waals surface area contributed by atoms with Crippen molar-refractivity contribution in [1.82, 2.24) is 10.2 Å². The topological polar surface area (TPSA) is 87.7 Å². The molecular formula is C25H28ClN3O4. The molecular weight excluding hydrogens is 442 g/mol. The van der Waals surface area contributed by atoms with Crippen LogP contribution in [0.25, 0.3) is 0 Å². The lowest BCUT2D eigenvalue weighted by Crippen LogP contribution is -2.44. The van der Waals surface area contributed by atoms with Gasteiger partial charge < -0.3 is 20.3 Å². The number of hydrogen-bond acceptors (Lipinski definition) is 4. The monoisotopic (exact) mass is 469 g/mol. The number of carbonyl (C=O) groups is 3. The van der Waals surface area contributed by atoms with Crippen molar-refractivity contribution in [1.29, 1.82) is 0 Å². The maximum absolute atomic E-state index is 12.9. The first kappa shape index (κ1) is 23.3. The minimum absolute atomic E-state index is 0.0520. The van der Waals surface area contributed by atoms with Gasteiger partial charge in [-0.1, -0.05) is 23.7 Å². The van der Waals surface area contributed by atoms with Crippen molar-refractivity contribution in [2.45, 2.75) is 31.8 Å². The number of ether oxygens (including phenoxy) is 1. The maximum Gasteiger partial charge on any atom is 0.257 e. The zero-order chi connectivity index (χ0) is 23.2. The van der Waals surface area contributed by atoms with E-state index < -0.39 is 0 Å². The molecule has 0 aliphatic carbocycles. The van der Waals surface area contributed by atoms with Crippen molar-refractivity contribution in [3.05, 3.63) is 64.7 Å². The number of benzene rings is 2. The van der Waals surface area contributed by atoms with Gasteiger partial charge in [0.25, 0.3) is 11.8 Å². The highest BCUT2D eigenvalue weighted by molar-refractivity contribution is 6.34. The Labute approximate surface area is 198 Å². The molecule has 2 aliphatic rings. The molecule has 2 aromatic carbocycles. The third-order valence-corrected chi connectivity index (χ3v) is 6.52. The zero-order valence-corrected chi connectivity index (χ0v) is 19.1. The average Bonchev–Trinajstić information content (AvgIpc) is 3.37. The maximum atomic E-state index is 12.9. The first-order valence-corrected chi connectivity index (χ1v) is 11.7. The first-order chi connectivity index (χ1) is 16.0. The molecule has 3 amide bonds. The molecule has 33 heavy (non-hydrogen) atoms. The predicted molar refractivity (Wildman–Crippen MR) is 126 cm³/mol. The summed E-state index contributed by atoms with van der Waals surface area (Å²) in [6, 6.07) is 13.6. The zero-order valence-electron chi connectivity index (χ0n) is 18.4. The van der Waals surface area contributed by atoms with E-state index in [0.29, 0.717) is 54.3 Å². The molecule has 2 N–H and O–H groups in total. The van der Waals surface area contributed by atoms with Gasteiger partial charge in [0.2, 0.25) is 5.91 Å². The van der Waals surface area contributed by atoms with Crippen molar-refractivity contribution in [3.63, 3.8) is 0 Å². The van der Waals surface area contributed by atoms with Crippen LogP contribution in [0.4, 0.5) is 5.69 Å². The van der Waals surface area contributed by atoms with Gasteiger partial charge in [0.15, 0.2) is 0 Å². The largest absolute Gasteiger partial charge is 0.376 e. The van der Waals surface area contributed by atoms with Crippen LogP contribution < -0.4 is 10.6 Å². The number of amides is 3. The van der Waals surface area contributed by atoms with Crippen molar-refractivity contribution < 1.29 is 19.1 Å².